The summed E-state index contributed by atoms with van der Waals surface area (Å²) >= 11 is 7.23. The summed E-state index contributed by atoms with van der Waals surface area (Å²) in [7, 11) is 0. The van der Waals surface area contributed by atoms with Crippen molar-refractivity contribution in [3.8, 4) is 0 Å². The third-order valence-corrected chi connectivity index (χ3v) is 4.83. The average molecular weight is 338 g/mol. The average Bonchev–Trinajstić information content (AvgIpc) is 2.85. The highest BCUT2D eigenvalue weighted by atomic mass is 35.5. The highest BCUT2D eigenvalue weighted by molar-refractivity contribution is 7.17. The highest BCUT2D eigenvalue weighted by Gasteiger charge is 2.26. The van der Waals surface area contributed by atoms with Crippen LogP contribution in [0.5, 0.6) is 0 Å². The van der Waals surface area contributed by atoms with Crippen molar-refractivity contribution in [2.75, 3.05) is 11.9 Å². The second kappa shape index (κ2) is 6.08. The predicted octanol–water partition coefficient (Wildman–Crippen LogP) is 3.42. The molecule has 2 N–H and O–H groups in total. The van der Waals surface area contributed by atoms with Crippen LogP contribution in [-0.4, -0.2) is 23.6 Å². The Morgan fingerprint density at radius 1 is 1.32 bits per heavy atom. The van der Waals surface area contributed by atoms with Gasteiger partial charge in [0.05, 0.1) is 29.4 Å². The molecular weight excluding hydrogens is 326 g/mol. The summed E-state index contributed by atoms with van der Waals surface area (Å²) in [6, 6.07) is 6.63. The van der Waals surface area contributed by atoms with Gasteiger partial charge in [0.15, 0.2) is 0 Å². The van der Waals surface area contributed by atoms with Crippen molar-refractivity contribution in [1.29, 1.82) is 0 Å². The standard InChI is InChI=1S/C15H12ClNO4S/c16-10-4-2-1-3-8(10)13(18)17-14-12(15(19)20)9-5-6-21-7-11(9)22-14/h1-4H,5-7H2,(H,17,18)(H,19,20). The van der Waals surface area contributed by atoms with E-state index in [-0.39, 0.29) is 5.56 Å². The Balaban J connectivity index is 1.95. The minimum absolute atomic E-state index is 0.156. The van der Waals surface area contributed by atoms with Gasteiger partial charge in [-0.15, -0.1) is 11.3 Å². The van der Waals surface area contributed by atoms with E-state index in [4.69, 9.17) is 16.3 Å². The zero-order valence-corrected chi connectivity index (χ0v) is 13.0. The number of carboxylic acid groups (broad SMARTS) is 1. The van der Waals surface area contributed by atoms with E-state index < -0.39 is 11.9 Å². The lowest BCUT2D eigenvalue weighted by molar-refractivity contribution is 0.0693. The number of rotatable bonds is 3. The maximum Gasteiger partial charge on any atom is 0.339 e. The molecule has 0 radical (unpaired) electrons. The number of aromatic carboxylic acids is 1. The Morgan fingerprint density at radius 2 is 2.09 bits per heavy atom. The van der Waals surface area contributed by atoms with Gasteiger partial charge in [0.25, 0.3) is 5.91 Å². The number of carbonyl (C=O) groups excluding carboxylic acids is 1. The smallest absolute Gasteiger partial charge is 0.339 e. The molecular formula is C15H12ClNO4S. The number of ether oxygens (including phenoxy) is 1. The summed E-state index contributed by atoms with van der Waals surface area (Å²) in [4.78, 5) is 24.7. The summed E-state index contributed by atoms with van der Waals surface area (Å²) in [5.41, 5.74) is 1.21. The summed E-state index contributed by atoms with van der Waals surface area (Å²) in [5.74, 6) is -1.47. The molecule has 3 rings (SSSR count). The molecule has 0 atom stereocenters. The molecule has 7 heteroatoms. The van der Waals surface area contributed by atoms with Crippen LogP contribution < -0.4 is 5.32 Å². The van der Waals surface area contributed by atoms with Crippen molar-refractivity contribution < 1.29 is 19.4 Å². The largest absolute Gasteiger partial charge is 0.478 e. The van der Waals surface area contributed by atoms with Crippen LogP contribution in [0.1, 0.15) is 31.2 Å². The molecule has 2 heterocycles. The van der Waals surface area contributed by atoms with Crippen molar-refractivity contribution in [3.05, 3.63) is 50.9 Å². The van der Waals surface area contributed by atoms with Gasteiger partial charge in [0, 0.05) is 4.88 Å². The number of thiophene rings is 1. The number of benzene rings is 1. The van der Waals surface area contributed by atoms with Gasteiger partial charge in [-0.1, -0.05) is 23.7 Å². The van der Waals surface area contributed by atoms with Gasteiger partial charge in [-0.25, -0.2) is 4.79 Å². The van der Waals surface area contributed by atoms with E-state index in [0.29, 0.717) is 35.2 Å². The first-order valence-corrected chi connectivity index (χ1v) is 7.79. The molecule has 0 saturated heterocycles. The second-order valence-corrected chi connectivity index (χ2v) is 6.26. The summed E-state index contributed by atoms with van der Waals surface area (Å²) < 4.78 is 5.34. The Kier molecular flexibility index (Phi) is 4.15. The van der Waals surface area contributed by atoms with Gasteiger partial charge in [0.1, 0.15) is 5.00 Å². The quantitative estimate of drug-likeness (QED) is 0.899. The van der Waals surface area contributed by atoms with E-state index in [1.165, 1.54) is 11.3 Å². The minimum atomic E-state index is -1.05. The monoisotopic (exact) mass is 337 g/mol. The van der Waals surface area contributed by atoms with Crippen molar-refractivity contribution in [3.63, 3.8) is 0 Å². The highest BCUT2D eigenvalue weighted by Crippen LogP contribution is 2.36. The lowest BCUT2D eigenvalue weighted by atomic mass is 10.1. The van der Waals surface area contributed by atoms with Crippen LogP contribution in [0.4, 0.5) is 5.00 Å². The first-order chi connectivity index (χ1) is 10.6. The zero-order chi connectivity index (χ0) is 15.7. The second-order valence-electron chi connectivity index (χ2n) is 4.75. The molecule has 5 nitrogen and oxygen atoms in total. The van der Waals surface area contributed by atoms with Crippen LogP contribution in [-0.2, 0) is 17.8 Å². The minimum Gasteiger partial charge on any atom is -0.478 e. The Hall–Kier alpha value is -1.89. The van der Waals surface area contributed by atoms with E-state index in [1.807, 2.05) is 0 Å². The molecule has 1 amide bonds. The van der Waals surface area contributed by atoms with Crippen LogP contribution in [0.3, 0.4) is 0 Å². The van der Waals surface area contributed by atoms with Crippen LogP contribution in [0, 0.1) is 0 Å². The molecule has 1 aromatic carbocycles. The summed E-state index contributed by atoms with van der Waals surface area (Å²) in [6.07, 6.45) is 0.537. The summed E-state index contributed by atoms with van der Waals surface area (Å²) in [6.45, 7) is 0.865. The maximum absolute atomic E-state index is 12.3. The number of halogens is 1. The molecule has 0 spiro atoms. The van der Waals surface area contributed by atoms with Crippen LogP contribution in [0.15, 0.2) is 24.3 Å². The number of carboxylic acids is 1. The predicted molar refractivity (Wildman–Crippen MR) is 84.0 cm³/mol. The first kappa shape index (κ1) is 15.0. The van der Waals surface area contributed by atoms with Gasteiger partial charge < -0.3 is 15.2 Å². The third kappa shape index (κ3) is 2.72. The normalized spacial score (nSPS) is 13.5. The van der Waals surface area contributed by atoms with E-state index in [1.54, 1.807) is 24.3 Å². The van der Waals surface area contributed by atoms with Gasteiger partial charge >= 0.3 is 5.97 Å². The van der Waals surface area contributed by atoms with Crippen molar-refractivity contribution in [1.82, 2.24) is 0 Å². The van der Waals surface area contributed by atoms with Crippen molar-refractivity contribution in [2.24, 2.45) is 0 Å². The molecule has 0 saturated carbocycles. The lowest BCUT2D eigenvalue weighted by Crippen LogP contribution is -2.15. The number of carbonyl (C=O) groups is 2. The topological polar surface area (TPSA) is 75.6 Å². The fourth-order valence-corrected chi connectivity index (χ4v) is 3.76. The van der Waals surface area contributed by atoms with E-state index in [0.717, 1.165) is 10.4 Å². The Bertz CT molecular complexity index is 756. The number of fused-ring (bicyclic) bond motifs is 1. The fourth-order valence-electron chi connectivity index (χ4n) is 2.36. The van der Waals surface area contributed by atoms with E-state index in [9.17, 15) is 14.7 Å². The van der Waals surface area contributed by atoms with Crippen LogP contribution in [0.25, 0.3) is 0 Å². The third-order valence-electron chi connectivity index (χ3n) is 3.38. The molecule has 0 unspecified atom stereocenters. The van der Waals surface area contributed by atoms with Gasteiger partial charge in [0.2, 0.25) is 0 Å². The van der Waals surface area contributed by atoms with Crippen molar-refractivity contribution in [2.45, 2.75) is 13.0 Å². The first-order valence-electron chi connectivity index (χ1n) is 6.59. The molecule has 0 bridgehead atoms. The molecule has 1 aliphatic heterocycles. The lowest BCUT2D eigenvalue weighted by Gasteiger charge is -2.12. The molecule has 2 aromatic rings. The van der Waals surface area contributed by atoms with Crippen LogP contribution in [0.2, 0.25) is 5.02 Å². The number of hydrogen-bond acceptors (Lipinski definition) is 4. The molecule has 0 aliphatic carbocycles. The van der Waals surface area contributed by atoms with Gasteiger partial charge in [-0.05, 0) is 24.1 Å². The Morgan fingerprint density at radius 3 is 2.82 bits per heavy atom. The molecule has 0 fully saturated rings. The van der Waals surface area contributed by atoms with Gasteiger partial charge in [-0.2, -0.15) is 0 Å². The molecule has 1 aliphatic rings. The number of anilines is 1. The Labute approximate surface area is 135 Å². The number of nitrogens with one attached hydrogen (secondary N) is 1. The SMILES string of the molecule is O=C(Nc1sc2c(c1C(=O)O)CCOC2)c1ccccc1Cl. The summed E-state index contributed by atoms with van der Waals surface area (Å²) in [5, 5.41) is 12.7. The van der Waals surface area contributed by atoms with E-state index >= 15 is 0 Å². The van der Waals surface area contributed by atoms with E-state index in [2.05, 4.69) is 5.32 Å². The van der Waals surface area contributed by atoms with Gasteiger partial charge in [-0.3, -0.25) is 4.79 Å². The molecule has 1 aromatic heterocycles. The van der Waals surface area contributed by atoms with Crippen molar-refractivity contribution >= 4 is 39.8 Å². The van der Waals surface area contributed by atoms with Crippen LogP contribution >= 0.6 is 22.9 Å². The number of amides is 1. The molecule has 114 valence electrons. The molecule has 22 heavy (non-hydrogen) atoms. The maximum atomic E-state index is 12.3. The zero-order valence-electron chi connectivity index (χ0n) is 11.4. The number of hydrogen-bond donors (Lipinski definition) is 2. The fraction of sp³-hybridized carbons (Fsp3) is 0.200.